The van der Waals surface area contributed by atoms with Crippen molar-refractivity contribution in [3.8, 4) is 0 Å². The summed E-state index contributed by atoms with van der Waals surface area (Å²) in [4.78, 5) is 6.24. The predicted molar refractivity (Wildman–Crippen MR) is 87.7 cm³/mol. The van der Waals surface area contributed by atoms with Crippen LogP contribution in [0.2, 0.25) is 4.34 Å². The molecule has 20 heavy (non-hydrogen) atoms. The molecule has 1 fully saturated rings. The number of piperazine rings is 1. The number of anilines is 2. The smallest absolute Gasteiger partial charge is 0.0931 e. The summed E-state index contributed by atoms with van der Waals surface area (Å²) in [6, 6.07) is 12.2. The molecule has 106 valence electrons. The van der Waals surface area contributed by atoms with Crippen LogP contribution < -0.4 is 10.6 Å². The second-order valence-corrected chi connectivity index (χ2v) is 6.86. The van der Waals surface area contributed by atoms with Gasteiger partial charge in [0.05, 0.1) is 4.34 Å². The first-order valence-corrected chi connectivity index (χ1v) is 7.97. The fourth-order valence-electron chi connectivity index (χ4n) is 2.51. The number of nitrogens with zero attached hydrogens (tertiary/aromatic N) is 2. The van der Waals surface area contributed by atoms with Gasteiger partial charge in [0, 0.05) is 49.0 Å². The second kappa shape index (κ2) is 6.04. The molecule has 0 atom stereocenters. The van der Waals surface area contributed by atoms with E-state index in [1.807, 2.05) is 18.2 Å². The van der Waals surface area contributed by atoms with E-state index in [9.17, 15) is 0 Å². The number of hydrogen-bond acceptors (Lipinski definition) is 4. The van der Waals surface area contributed by atoms with Crippen molar-refractivity contribution in [3.05, 3.63) is 45.6 Å². The average Bonchev–Trinajstić information content (AvgIpc) is 2.86. The van der Waals surface area contributed by atoms with E-state index in [2.05, 4.69) is 28.0 Å². The number of benzene rings is 1. The SMILES string of the molecule is Nc1ccc(N2CCN(Cc3ccc(Cl)s3)CC2)cc1. The van der Waals surface area contributed by atoms with Crippen molar-refractivity contribution in [2.24, 2.45) is 0 Å². The van der Waals surface area contributed by atoms with Gasteiger partial charge in [0.2, 0.25) is 0 Å². The maximum absolute atomic E-state index is 5.98. The largest absolute Gasteiger partial charge is 0.399 e. The van der Waals surface area contributed by atoms with Crippen molar-refractivity contribution in [2.75, 3.05) is 36.8 Å². The summed E-state index contributed by atoms with van der Waals surface area (Å²) in [5.74, 6) is 0. The first-order valence-electron chi connectivity index (χ1n) is 6.78. The van der Waals surface area contributed by atoms with E-state index in [0.717, 1.165) is 42.7 Å². The highest BCUT2D eigenvalue weighted by molar-refractivity contribution is 7.16. The Morgan fingerprint density at radius 2 is 1.70 bits per heavy atom. The van der Waals surface area contributed by atoms with Crippen molar-refractivity contribution in [1.29, 1.82) is 0 Å². The van der Waals surface area contributed by atoms with E-state index in [-0.39, 0.29) is 0 Å². The molecule has 0 saturated carbocycles. The van der Waals surface area contributed by atoms with Crippen LogP contribution in [-0.2, 0) is 6.54 Å². The molecule has 1 aliphatic heterocycles. The number of halogens is 1. The van der Waals surface area contributed by atoms with Crippen LogP contribution >= 0.6 is 22.9 Å². The molecule has 1 aromatic heterocycles. The molecule has 0 spiro atoms. The monoisotopic (exact) mass is 307 g/mol. The molecule has 2 aromatic rings. The maximum Gasteiger partial charge on any atom is 0.0931 e. The van der Waals surface area contributed by atoms with Crippen molar-refractivity contribution >= 4 is 34.3 Å². The molecule has 0 bridgehead atoms. The summed E-state index contributed by atoms with van der Waals surface area (Å²) in [5, 5.41) is 0. The molecule has 2 heterocycles. The zero-order valence-corrected chi connectivity index (χ0v) is 12.8. The fourth-order valence-corrected chi connectivity index (χ4v) is 3.64. The number of nitrogens with two attached hydrogens (primary N) is 1. The van der Waals surface area contributed by atoms with E-state index in [1.54, 1.807) is 11.3 Å². The van der Waals surface area contributed by atoms with Gasteiger partial charge in [-0.3, -0.25) is 4.90 Å². The van der Waals surface area contributed by atoms with Crippen LogP contribution in [0.15, 0.2) is 36.4 Å². The summed E-state index contributed by atoms with van der Waals surface area (Å²) in [6.45, 7) is 5.29. The molecule has 2 N–H and O–H groups in total. The summed E-state index contributed by atoms with van der Waals surface area (Å²) in [7, 11) is 0. The van der Waals surface area contributed by atoms with Crippen LogP contribution in [0.4, 0.5) is 11.4 Å². The highest BCUT2D eigenvalue weighted by atomic mass is 35.5. The molecule has 1 saturated heterocycles. The summed E-state index contributed by atoms with van der Waals surface area (Å²) in [5.41, 5.74) is 7.81. The quantitative estimate of drug-likeness (QED) is 0.883. The van der Waals surface area contributed by atoms with Crippen LogP contribution in [0.3, 0.4) is 0 Å². The van der Waals surface area contributed by atoms with Gasteiger partial charge in [-0.2, -0.15) is 0 Å². The van der Waals surface area contributed by atoms with Gasteiger partial charge in [-0.15, -0.1) is 11.3 Å². The molecule has 3 nitrogen and oxygen atoms in total. The van der Waals surface area contributed by atoms with E-state index in [4.69, 9.17) is 17.3 Å². The molecule has 1 aliphatic rings. The van der Waals surface area contributed by atoms with Crippen LogP contribution in [-0.4, -0.2) is 31.1 Å². The fraction of sp³-hybridized carbons (Fsp3) is 0.333. The van der Waals surface area contributed by atoms with E-state index in [0.29, 0.717) is 0 Å². The van der Waals surface area contributed by atoms with Crippen molar-refractivity contribution < 1.29 is 0 Å². The Hall–Kier alpha value is -1.23. The predicted octanol–water partition coefficient (Wildman–Crippen LogP) is 3.31. The molecule has 0 radical (unpaired) electrons. The second-order valence-electron chi connectivity index (χ2n) is 5.06. The third kappa shape index (κ3) is 3.26. The molecule has 0 aliphatic carbocycles. The van der Waals surface area contributed by atoms with Gasteiger partial charge in [0.25, 0.3) is 0 Å². The molecule has 3 rings (SSSR count). The number of thiophene rings is 1. The molecular weight excluding hydrogens is 290 g/mol. The Kier molecular flexibility index (Phi) is 4.15. The van der Waals surface area contributed by atoms with Crippen LogP contribution in [0.25, 0.3) is 0 Å². The average molecular weight is 308 g/mol. The highest BCUT2D eigenvalue weighted by Gasteiger charge is 2.17. The Morgan fingerprint density at radius 3 is 2.30 bits per heavy atom. The van der Waals surface area contributed by atoms with Gasteiger partial charge in [-0.1, -0.05) is 11.6 Å². The lowest BCUT2D eigenvalue weighted by atomic mass is 10.2. The van der Waals surface area contributed by atoms with Gasteiger partial charge < -0.3 is 10.6 Å². The molecular formula is C15H18ClN3S. The third-order valence-electron chi connectivity index (χ3n) is 3.64. The topological polar surface area (TPSA) is 32.5 Å². The molecule has 1 aromatic carbocycles. The Bertz CT molecular complexity index is 559. The van der Waals surface area contributed by atoms with Crippen LogP contribution in [0.1, 0.15) is 4.88 Å². The first-order chi connectivity index (χ1) is 9.70. The number of nitrogen functional groups attached to an aromatic ring is 1. The lowest BCUT2D eigenvalue weighted by Crippen LogP contribution is -2.45. The van der Waals surface area contributed by atoms with Gasteiger partial charge in [0.1, 0.15) is 0 Å². The van der Waals surface area contributed by atoms with Crippen LogP contribution in [0, 0.1) is 0 Å². The first kappa shape index (κ1) is 13.7. The van der Waals surface area contributed by atoms with Gasteiger partial charge in [-0.05, 0) is 36.4 Å². The number of rotatable bonds is 3. The normalized spacial score (nSPS) is 16.6. The van der Waals surface area contributed by atoms with Crippen molar-refractivity contribution in [3.63, 3.8) is 0 Å². The lowest BCUT2D eigenvalue weighted by Gasteiger charge is -2.36. The standard InChI is InChI=1S/C15H18ClN3S/c16-15-6-5-14(20-15)11-18-7-9-19(10-8-18)13-3-1-12(17)2-4-13/h1-6H,7-11,17H2. The lowest BCUT2D eigenvalue weighted by molar-refractivity contribution is 0.252. The highest BCUT2D eigenvalue weighted by Crippen LogP contribution is 2.24. The Morgan fingerprint density at radius 1 is 1.00 bits per heavy atom. The third-order valence-corrected chi connectivity index (χ3v) is 4.85. The Labute approximate surface area is 128 Å². The van der Waals surface area contributed by atoms with Gasteiger partial charge in [-0.25, -0.2) is 0 Å². The Balaban J connectivity index is 1.55. The van der Waals surface area contributed by atoms with Crippen LogP contribution in [0.5, 0.6) is 0 Å². The molecule has 0 amide bonds. The number of hydrogen-bond donors (Lipinski definition) is 1. The summed E-state index contributed by atoms with van der Waals surface area (Å²) in [6.07, 6.45) is 0. The minimum absolute atomic E-state index is 0.821. The van der Waals surface area contributed by atoms with Crippen molar-refractivity contribution in [2.45, 2.75) is 6.54 Å². The molecule has 0 unspecified atom stereocenters. The summed E-state index contributed by atoms with van der Waals surface area (Å²) >= 11 is 7.65. The maximum atomic E-state index is 5.98. The minimum atomic E-state index is 0.821. The zero-order chi connectivity index (χ0) is 13.9. The summed E-state index contributed by atoms with van der Waals surface area (Å²) < 4.78 is 0.875. The van der Waals surface area contributed by atoms with Gasteiger partial charge >= 0.3 is 0 Å². The van der Waals surface area contributed by atoms with E-state index < -0.39 is 0 Å². The van der Waals surface area contributed by atoms with Gasteiger partial charge in [0.15, 0.2) is 0 Å². The zero-order valence-electron chi connectivity index (χ0n) is 11.3. The minimum Gasteiger partial charge on any atom is -0.399 e. The van der Waals surface area contributed by atoms with Crippen molar-refractivity contribution in [1.82, 2.24) is 4.90 Å². The molecule has 5 heteroatoms. The van der Waals surface area contributed by atoms with E-state index in [1.165, 1.54) is 10.6 Å². The van der Waals surface area contributed by atoms with E-state index >= 15 is 0 Å².